The van der Waals surface area contributed by atoms with Gasteiger partial charge in [-0.15, -0.1) is 0 Å². The predicted octanol–water partition coefficient (Wildman–Crippen LogP) is 2.93. The predicted molar refractivity (Wildman–Crippen MR) is 140 cm³/mol. The molecule has 1 fully saturated rings. The van der Waals surface area contributed by atoms with Crippen LogP contribution in [0.25, 0.3) is 28.0 Å². The maximum Gasteiger partial charge on any atom is 0.258 e. The van der Waals surface area contributed by atoms with Crippen LogP contribution in [0.3, 0.4) is 0 Å². The fraction of sp³-hybridized carbons (Fsp3) is 0.174. The van der Waals surface area contributed by atoms with Crippen molar-refractivity contribution in [3.05, 3.63) is 70.3 Å². The number of halogens is 2. The lowest BCUT2D eigenvalue weighted by Gasteiger charge is -2.14. The first kappa shape index (κ1) is 25.6. The number of benzene rings is 2. The fourth-order valence-corrected chi connectivity index (χ4v) is 6.99. The van der Waals surface area contributed by atoms with Crippen molar-refractivity contribution in [2.24, 2.45) is 5.14 Å². The molecule has 0 unspecified atom stereocenters. The van der Waals surface area contributed by atoms with Gasteiger partial charge in [0, 0.05) is 39.0 Å². The van der Waals surface area contributed by atoms with E-state index in [-0.39, 0.29) is 29.1 Å². The SMILES string of the molecule is NS(=O)(=O)c1nn2c(-c3ccc(Cl)cc3)c(-c3ccccc3Cl)cnc2c1C(=O)N[C@@H]1CCS(=O)(=O)C1. The summed E-state index contributed by atoms with van der Waals surface area (Å²) in [6, 6.07) is 13.0. The first-order valence-corrected chi connectivity index (χ1v) is 15.0. The summed E-state index contributed by atoms with van der Waals surface area (Å²) in [5.41, 5.74) is 1.62. The van der Waals surface area contributed by atoms with Gasteiger partial charge in [0.2, 0.25) is 5.03 Å². The lowest BCUT2D eigenvalue weighted by Crippen LogP contribution is -2.36. The summed E-state index contributed by atoms with van der Waals surface area (Å²) in [7, 11) is -7.78. The number of hydrogen-bond donors (Lipinski definition) is 2. The number of nitrogens with one attached hydrogen (secondary N) is 1. The smallest absolute Gasteiger partial charge is 0.258 e. The van der Waals surface area contributed by atoms with Crippen LogP contribution in [0.2, 0.25) is 10.0 Å². The highest BCUT2D eigenvalue weighted by Crippen LogP contribution is 2.37. The number of primary sulfonamides is 1. The Bertz CT molecular complexity index is 1770. The van der Waals surface area contributed by atoms with Crippen molar-refractivity contribution in [3.8, 4) is 22.4 Å². The maximum atomic E-state index is 13.3. The molecule has 1 aliphatic heterocycles. The topological polar surface area (TPSA) is 154 Å². The molecule has 0 radical (unpaired) electrons. The molecule has 1 saturated heterocycles. The third kappa shape index (κ3) is 4.94. The Morgan fingerprint density at radius 2 is 1.78 bits per heavy atom. The van der Waals surface area contributed by atoms with Crippen LogP contribution in [0.15, 0.2) is 59.8 Å². The zero-order chi connectivity index (χ0) is 26.5. The van der Waals surface area contributed by atoms with Gasteiger partial charge in [-0.1, -0.05) is 53.5 Å². The number of hydrogen-bond acceptors (Lipinski definition) is 7. The van der Waals surface area contributed by atoms with Crippen LogP contribution in [-0.2, 0) is 19.9 Å². The Hall–Kier alpha value is -3.03. The minimum absolute atomic E-state index is 0.0745. The summed E-state index contributed by atoms with van der Waals surface area (Å²) < 4.78 is 50.0. The van der Waals surface area contributed by atoms with E-state index < -0.39 is 36.8 Å². The Balaban J connectivity index is 1.78. The molecule has 14 heteroatoms. The highest BCUT2D eigenvalue weighted by Gasteiger charge is 2.34. The molecule has 1 atom stereocenters. The number of sulfone groups is 1. The van der Waals surface area contributed by atoms with Gasteiger partial charge in [-0.05, 0) is 24.6 Å². The second kappa shape index (κ2) is 9.37. The molecule has 2 aromatic heterocycles. The Kier molecular flexibility index (Phi) is 6.49. The minimum atomic E-state index is -4.49. The van der Waals surface area contributed by atoms with Gasteiger partial charge in [0.15, 0.2) is 15.5 Å². The summed E-state index contributed by atoms with van der Waals surface area (Å²) in [6.07, 6.45) is 1.67. The zero-order valence-electron chi connectivity index (χ0n) is 18.9. The third-order valence-corrected chi connectivity index (χ3v) is 9.13. The molecule has 10 nitrogen and oxygen atoms in total. The van der Waals surface area contributed by atoms with Crippen molar-refractivity contribution in [1.82, 2.24) is 19.9 Å². The van der Waals surface area contributed by atoms with E-state index in [0.717, 1.165) is 0 Å². The van der Waals surface area contributed by atoms with Gasteiger partial charge in [-0.2, -0.15) is 5.10 Å². The number of carbonyl (C=O) groups is 1. The van der Waals surface area contributed by atoms with E-state index in [2.05, 4.69) is 15.4 Å². The van der Waals surface area contributed by atoms with E-state index in [4.69, 9.17) is 28.3 Å². The van der Waals surface area contributed by atoms with Crippen LogP contribution >= 0.6 is 23.2 Å². The number of fused-ring (bicyclic) bond motifs is 1. The number of sulfonamides is 1. The Morgan fingerprint density at radius 1 is 1.08 bits per heavy atom. The van der Waals surface area contributed by atoms with E-state index in [0.29, 0.717) is 32.4 Å². The number of aromatic nitrogens is 3. The van der Waals surface area contributed by atoms with Gasteiger partial charge in [0.25, 0.3) is 15.9 Å². The number of rotatable bonds is 5. The van der Waals surface area contributed by atoms with Crippen molar-refractivity contribution in [2.75, 3.05) is 11.5 Å². The lowest BCUT2D eigenvalue weighted by atomic mass is 10.0. The average Bonchev–Trinajstić information content (AvgIpc) is 3.39. The summed E-state index contributed by atoms with van der Waals surface area (Å²) in [6.45, 7) is 0. The quantitative estimate of drug-likeness (QED) is 0.368. The van der Waals surface area contributed by atoms with Crippen LogP contribution in [0.1, 0.15) is 16.8 Å². The normalized spacial score (nSPS) is 17.2. The van der Waals surface area contributed by atoms with Gasteiger partial charge in [0.05, 0.1) is 17.2 Å². The molecule has 0 bridgehead atoms. The van der Waals surface area contributed by atoms with Crippen molar-refractivity contribution < 1.29 is 21.6 Å². The summed E-state index contributed by atoms with van der Waals surface area (Å²) >= 11 is 12.5. The lowest BCUT2D eigenvalue weighted by molar-refractivity contribution is 0.0939. The van der Waals surface area contributed by atoms with Gasteiger partial charge in [-0.3, -0.25) is 4.79 Å². The molecule has 0 saturated carbocycles. The minimum Gasteiger partial charge on any atom is -0.348 e. The average molecular weight is 580 g/mol. The highest BCUT2D eigenvalue weighted by atomic mass is 35.5. The molecule has 5 rings (SSSR count). The molecule has 37 heavy (non-hydrogen) atoms. The zero-order valence-corrected chi connectivity index (χ0v) is 22.1. The molecule has 1 aliphatic rings. The van der Waals surface area contributed by atoms with E-state index >= 15 is 0 Å². The first-order valence-electron chi connectivity index (χ1n) is 10.9. The van der Waals surface area contributed by atoms with Gasteiger partial charge < -0.3 is 5.32 Å². The van der Waals surface area contributed by atoms with Crippen molar-refractivity contribution in [2.45, 2.75) is 17.5 Å². The van der Waals surface area contributed by atoms with Gasteiger partial charge in [-0.25, -0.2) is 31.5 Å². The first-order chi connectivity index (χ1) is 17.4. The Morgan fingerprint density at radius 3 is 2.41 bits per heavy atom. The molecule has 0 spiro atoms. The molecule has 2 aromatic carbocycles. The van der Waals surface area contributed by atoms with Crippen LogP contribution in [0.5, 0.6) is 0 Å². The molecule has 192 valence electrons. The second-order valence-corrected chi connectivity index (χ2v) is 13.1. The number of carbonyl (C=O) groups excluding carboxylic acids is 1. The molecule has 3 N–H and O–H groups in total. The number of nitrogens with zero attached hydrogens (tertiary/aromatic N) is 3. The van der Waals surface area contributed by atoms with Gasteiger partial charge >= 0.3 is 0 Å². The Labute approximate surface area is 222 Å². The van der Waals surface area contributed by atoms with E-state index in [9.17, 15) is 21.6 Å². The van der Waals surface area contributed by atoms with Crippen molar-refractivity contribution >= 4 is 54.6 Å². The fourth-order valence-electron chi connectivity index (χ4n) is 4.29. The summed E-state index contributed by atoms with van der Waals surface area (Å²) in [5, 5.41) is 12.5. The maximum absolute atomic E-state index is 13.3. The number of amides is 1. The molecular weight excluding hydrogens is 561 g/mol. The molecule has 1 amide bonds. The number of nitrogens with two attached hydrogens (primary N) is 1. The summed E-state index contributed by atoms with van der Waals surface area (Å²) in [4.78, 5) is 17.7. The molecule has 4 aromatic rings. The van der Waals surface area contributed by atoms with Crippen LogP contribution in [-0.4, -0.2) is 54.9 Å². The van der Waals surface area contributed by atoms with Crippen LogP contribution in [0, 0.1) is 0 Å². The van der Waals surface area contributed by atoms with Crippen molar-refractivity contribution in [1.29, 1.82) is 0 Å². The molecule has 3 heterocycles. The monoisotopic (exact) mass is 579 g/mol. The van der Waals surface area contributed by atoms with Crippen LogP contribution in [0.4, 0.5) is 0 Å². The summed E-state index contributed by atoms with van der Waals surface area (Å²) in [5.74, 6) is -1.17. The second-order valence-electron chi connectivity index (χ2n) is 8.54. The van der Waals surface area contributed by atoms with E-state index in [1.807, 2.05) is 0 Å². The third-order valence-electron chi connectivity index (χ3n) is 5.96. The van der Waals surface area contributed by atoms with Gasteiger partial charge in [0.1, 0.15) is 5.56 Å². The largest absolute Gasteiger partial charge is 0.348 e. The molecule has 0 aliphatic carbocycles. The van der Waals surface area contributed by atoms with E-state index in [1.165, 1.54) is 10.7 Å². The van der Waals surface area contributed by atoms with Crippen LogP contribution < -0.4 is 10.5 Å². The standard InChI is InChI=1S/C23H19Cl2N5O5S2/c24-14-7-5-13(6-8-14)20-17(16-3-1-2-4-18(16)25)11-27-21-19(23(29-30(20)21)37(26,34)35)22(31)28-15-9-10-36(32,33)12-15/h1-8,11,15H,9-10,12H2,(H,28,31)(H2,26,34,35)/t15-/m1/s1. The highest BCUT2D eigenvalue weighted by molar-refractivity contribution is 7.91. The van der Waals surface area contributed by atoms with Crippen molar-refractivity contribution in [3.63, 3.8) is 0 Å². The van der Waals surface area contributed by atoms with E-state index in [1.54, 1.807) is 48.5 Å². The molecular formula is C23H19Cl2N5O5S2.